The summed E-state index contributed by atoms with van der Waals surface area (Å²) >= 11 is 0. The van der Waals surface area contributed by atoms with E-state index in [4.69, 9.17) is 4.52 Å². The monoisotopic (exact) mass is 323 g/mol. The smallest absolute Gasteiger partial charge is 0.270 e. The third-order valence-electron chi connectivity index (χ3n) is 4.49. The molecule has 122 valence electrons. The summed E-state index contributed by atoms with van der Waals surface area (Å²) in [7, 11) is 0. The van der Waals surface area contributed by atoms with Gasteiger partial charge < -0.3 is 14.4 Å². The molecular formula is C18H17N3O3. The number of hydrogen-bond acceptors (Lipinski definition) is 4. The van der Waals surface area contributed by atoms with Gasteiger partial charge in [-0.3, -0.25) is 9.59 Å². The van der Waals surface area contributed by atoms with Gasteiger partial charge in [0.2, 0.25) is 0 Å². The number of rotatable bonds is 2. The fraction of sp³-hybridized carbons (Fsp3) is 0.278. The molecule has 1 saturated heterocycles. The van der Waals surface area contributed by atoms with Crippen LogP contribution < -0.4 is 5.56 Å². The molecule has 1 aromatic carbocycles. The zero-order chi connectivity index (χ0) is 16.7. The van der Waals surface area contributed by atoms with Gasteiger partial charge in [0, 0.05) is 18.0 Å². The van der Waals surface area contributed by atoms with Crippen LogP contribution in [0, 0.1) is 6.92 Å². The Morgan fingerprint density at radius 2 is 2.17 bits per heavy atom. The lowest BCUT2D eigenvalue weighted by atomic mass is 10.1. The number of benzene rings is 1. The molecule has 1 fully saturated rings. The van der Waals surface area contributed by atoms with E-state index in [1.807, 2.05) is 31.2 Å². The van der Waals surface area contributed by atoms with Gasteiger partial charge in [-0.15, -0.1) is 0 Å². The molecule has 1 aliphatic rings. The third-order valence-corrected chi connectivity index (χ3v) is 4.49. The summed E-state index contributed by atoms with van der Waals surface area (Å²) in [6, 6.07) is 10.7. The minimum Gasteiger partial charge on any atom is -0.361 e. The van der Waals surface area contributed by atoms with E-state index in [0.29, 0.717) is 17.6 Å². The van der Waals surface area contributed by atoms with Crippen LogP contribution in [0.1, 0.15) is 40.8 Å². The topological polar surface area (TPSA) is 79.2 Å². The molecule has 24 heavy (non-hydrogen) atoms. The first-order valence-corrected chi connectivity index (χ1v) is 8.00. The van der Waals surface area contributed by atoms with Crippen molar-refractivity contribution in [2.24, 2.45) is 0 Å². The van der Waals surface area contributed by atoms with Gasteiger partial charge in [0.15, 0.2) is 0 Å². The molecule has 2 aromatic heterocycles. The molecular weight excluding hydrogens is 306 g/mol. The fourth-order valence-electron chi connectivity index (χ4n) is 3.34. The molecule has 0 radical (unpaired) electrons. The fourth-order valence-corrected chi connectivity index (χ4v) is 3.34. The highest BCUT2D eigenvalue weighted by atomic mass is 16.5. The summed E-state index contributed by atoms with van der Waals surface area (Å²) in [4.78, 5) is 29.6. The molecule has 4 rings (SSSR count). The first-order valence-electron chi connectivity index (χ1n) is 8.00. The zero-order valence-corrected chi connectivity index (χ0v) is 13.3. The Morgan fingerprint density at radius 3 is 2.96 bits per heavy atom. The summed E-state index contributed by atoms with van der Waals surface area (Å²) in [5.41, 5.74) is 0.830. The Bertz CT molecular complexity index is 973. The number of fused-ring (bicyclic) bond motifs is 1. The minimum absolute atomic E-state index is 0.107. The second-order valence-corrected chi connectivity index (χ2v) is 6.12. The highest BCUT2D eigenvalue weighted by Gasteiger charge is 2.33. The van der Waals surface area contributed by atoms with Crippen LogP contribution in [-0.2, 0) is 0 Å². The predicted molar refractivity (Wildman–Crippen MR) is 88.8 cm³/mol. The maximum absolute atomic E-state index is 12.9. The first kappa shape index (κ1) is 14.7. The lowest BCUT2D eigenvalue weighted by Crippen LogP contribution is -2.32. The van der Waals surface area contributed by atoms with Crippen LogP contribution in [0.15, 0.2) is 45.7 Å². The van der Waals surface area contributed by atoms with Crippen LogP contribution >= 0.6 is 0 Å². The number of H-pyrrole nitrogens is 1. The van der Waals surface area contributed by atoms with Crippen molar-refractivity contribution in [2.75, 3.05) is 6.54 Å². The van der Waals surface area contributed by atoms with Crippen LogP contribution in [0.3, 0.4) is 0 Å². The van der Waals surface area contributed by atoms with Crippen molar-refractivity contribution in [3.63, 3.8) is 0 Å². The Morgan fingerprint density at radius 1 is 1.33 bits per heavy atom. The summed E-state index contributed by atoms with van der Waals surface area (Å²) in [5, 5.41) is 5.39. The average Bonchev–Trinajstić information content (AvgIpc) is 3.22. The van der Waals surface area contributed by atoms with Crippen molar-refractivity contribution in [1.82, 2.24) is 15.0 Å². The number of carbonyl (C=O) groups is 1. The number of amides is 1. The van der Waals surface area contributed by atoms with Gasteiger partial charge in [0.05, 0.1) is 6.04 Å². The van der Waals surface area contributed by atoms with E-state index in [1.54, 1.807) is 17.0 Å². The number of carbonyl (C=O) groups excluding carboxylic acids is 1. The van der Waals surface area contributed by atoms with Gasteiger partial charge in [-0.2, -0.15) is 0 Å². The number of aromatic amines is 1. The maximum atomic E-state index is 12.9. The molecule has 1 atom stereocenters. The van der Waals surface area contributed by atoms with E-state index in [-0.39, 0.29) is 17.5 Å². The van der Waals surface area contributed by atoms with Crippen LogP contribution in [0.2, 0.25) is 0 Å². The van der Waals surface area contributed by atoms with E-state index < -0.39 is 0 Å². The second-order valence-electron chi connectivity index (χ2n) is 6.12. The van der Waals surface area contributed by atoms with Gasteiger partial charge in [-0.1, -0.05) is 23.4 Å². The molecule has 0 spiro atoms. The van der Waals surface area contributed by atoms with Crippen LogP contribution in [-0.4, -0.2) is 27.5 Å². The van der Waals surface area contributed by atoms with Crippen molar-refractivity contribution in [3.8, 4) is 0 Å². The molecule has 6 nitrogen and oxygen atoms in total. The van der Waals surface area contributed by atoms with Gasteiger partial charge >= 0.3 is 0 Å². The molecule has 3 heterocycles. The first-order chi connectivity index (χ1) is 11.6. The largest absolute Gasteiger partial charge is 0.361 e. The predicted octanol–water partition coefficient (Wildman–Crippen LogP) is 2.80. The maximum Gasteiger partial charge on any atom is 0.270 e. The average molecular weight is 323 g/mol. The van der Waals surface area contributed by atoms with Crippen molar-refractivity contribution < 1.29 is 9.32 Å². The van der Waals surface area contributed by atoms with E-state index in [9.17, 15) is 9.59 Å². The Labute approximate surface area is 138 Å². The van der Waals surface area contributed by atoms with Gasteiger partial charge in [-0.05, 0) is 37.3 Å². The van der Waals surface area contributed by atoms with Gasteiger partial charge in [0.25, 0.3) is 11.5 Å². The SMILES string of the molecule is Cc1cc([C@@H]2CCCN2C(=O)c2cc3ccccc3c(=O)[nH]2)no1. The molecule has 1 amide bonds. The highest BCUT2D eigenvalue weighted by molar-refractivity contribution is 5.96. The molecule has 0 unspecified atom stereocenters. The summed E-state index contributed by atoms with van der Waals surface area (Å²) in [6.45, 7) is 2.47. The van der Waals surface area contributed by atoms with Crippen LogP contribution in [0.25, 0.3) is 10.8 Å². The second kappa shape index (κ2) is 5.63. The lowest BCUT2D eigenvalue weighted by Gasteiger charge is -2.22. The van der Waals surface area contributed by atoms with Crippen molar-refractivity contribution in [3.05, 3.63) is 63.9 Å². The van der Waals surface area contributed by atoms with Crippen molar-refractivity contribution in [1.29, 1.82) is 0 Å². The van der Waals surface area contributed by atoms with Crippen LogP contribution in [0.4, 0.5) is 0 Å². The number of nitrogens with zero attached hydrogens (tertiary/aromatic N) is 2. The van der Waals surface area contributed by atoms with E-state index >= 15 is 0 Å². The summed E-state index contributed by atoms with van der Waals surface area (Å²) < 4.78 is 5.14. The lowest BCUT2D eigenvalue weighted by molar-refractivity contribution is 0.0725. The molecule has 1 aliphatic heterocycles. The number of likely N-dealkylation sites (tertiary alicyclic amines) is 1. The third kappa shape index (κ3) is 2.40. The van der Waals surface area contributed by atoms with E-state index in [1.165, 1.54) is 0 Å². The molecule has 0 aliphatic carbocycles. The van der Waals surface area contributed by atoms with Crippen molar-refractivity contribution >= 4 is 16.7 Å². The van der Waals surface area contributed by atoms with E-state index in [2.05, 4.69) is 10.1 Å². The molecule has 6 heteroatoms. The zero-order valence-electron chi connectivity index (χ0n) is 13.3. The quantitative estimate of drug-likeness (QED) is 0.786. The number of pyridine rings is 1. The van der Waals surface area contributed by atoms with Gasteiger partial charge in [-0.25, -0.2) is 0 Å². The Balaban J connectivity index is 1.71. The highest BCUT2D eigenvalue weighted by Crippen LogP contribution is 2.32. The number of aromatic nitrogens is 2. The molecule has 3 aromatic rings. The summed E-state index contributed by atoms with van der Waals surface area (Å²) in [5.74, 6) is 0.546. The Kier molecular flexibility index (Phi) is 3.45. The summed E-state index contributed by atoms with van der Waals surface area (Å²) in [6.07, 6.45) is 1.75. The molecule has 0 bridgehead atoms. The number of hydrogen-bond donors (Lipinski definition) is 1. The molecule has 0 saturated carbocycles. The number of nitrogens with one attached hydrogen (secondary N) is 1. The van der Waals surface area contributed by atoms with E-state index in [0.717, 1.165) is 29.7 Å². The number of aryl methyl sites for hydroxylation is 1. The molecule has 1 N–H and O–H groups in total. The van der Waals surface area contributed by atoms with Crippen molar-refractivity contribution in [2.45, 2.75) is 25.8 Å². The van der Waals surface area contributed by atoms with Gasteiger partial charge in [0.1, 0.15) is 17.1 Å². The Hall–Kier alpha value is -2.89. The normalized spacial score (nSPS) is 17.5. The minimum atomic E-state index is -0.246. The standard InChI is InChI=1S/C18H17N3O3/c1-11-9-14(20-24-11)16-7-4-8-21(16)18(23)15-10-12-5-2-3-6-13(12)17(22)19-15/h2-3,5-6,9-10,16H,4,7-8H2,1H3,(H,19,22)/t16-/m0/s1. The van der Waals surface area contributed by atoms with Crippen LogP contribution in [0.5, 0.6) is 0 Å².